The molecule has 0 saturated carbocycles. The van der Waals surface area contributed by atoms with E-state index in [1.54, 1.807) is 13.8 Å². The van der Waals surface area contributed by atoms with Crippen molar-refractivity contribution in [1.82, 2.24) is 4.90 Å². The molecule has 0 amide bonds. The van der Waals surface area contributed by atoms with E-state index < -0.39 is 30.5 Å². The van der Waals surface area contributed by atoms with E-state index in [0.717, 1.165) is 0 Å². The quantitative estimate of drug-likeness (QED) is 0.844. The molecule has 1 aliphatic heterocycles. The third kappa shape index (κ3) is 2.47. The first-order valence-electron chi connectivity index (χ1n) is 5.72. The van der Waals surface area contributed by atoms with Gasteiger partial charge in [0.05, 0.1) is 6.10 Å². The SMILES string of the molecule is COC(C)C(C)N1CCC(C(=O)O)(C(F)(F)F)C1. The van der Waals surface area contributed by atoms with E-state index in [4.69, 9.17) is 9.84 Å². The van der Waals surface area contributed by atoms with Crippen LogP contribution < -0.4 is 0 Å². The summed E-state index contributed by atoms with van der Waals surface area (Å²) in [6, 6.07) is -0.251. The van der Waals surface area contributed by atoms with E-state index in [1.165, 1.54) is 12.0 Å². The molecule has 0 aromatic rings. The number of ether oxygens (including phenoxy) is 1. The highest BCUT2D eigenvalue weighted by molar-refractivity contribution is 5.76. The first kappa shape index (κ1) is 15.2. The molecule has 4 nitrogen and oxygen atoms in total. The van der Waals surface area contributed by atoms with Crippen LogP contribution in [0.15, 0.2) is 0 Å². The van der Waals surface area contributed by atoms with Gasteiger partial charge in [-0.2, -0.15) is 13.2 Å². The van der Waals surface area contributed by atoms with Gasteiger partial charge in [0.2, 0.25) is 0 Å². The van der Waals surface area contributed by atoms with Crippen LogP contribution in [0.4, 0.5) is 13.2 Å². The molecule has 0 bridgehead atoms. The Kier molecular flexibility index (Phi) is 4.27. The Bertz CT molecular complexity index is 321. The summed E-state index contributed by atoms with van der Waals surface area (Å²) in [5.41, 5.74) is -2.64. The number of alkyl halides is 3. The van der Waals surface area contributed by atoms with Crippen molar-refractivity contribution in [3.05, 3.63) is 0 Å². The summed E-state index contributed by atoms with van der Waals surface area (Å²) in [5, 5.41) is 8.92. The van der Waals surface area contributed by atoms with Gasteiger partial charge in [0.25, 0.3) is 0 Å². The monoisotopic (exact) mass is 269 g/mol. The standard InChI is InChI=1S/C11H18F3NO3/c1-7(8(2)18-3)15-5-4-10(6-15,9(16)17)11(12,13)14/h7-8H,4-6H2,1-3H3,(H,16,17). The zero-order valence-electron chi connectivity index (χ0n) is 10.6. The van der Waals surface area contributed by atoms with E-state index in [9.17, 15) is 18.0 Å². The minimum Gasteiger partial charge on any atom is -0.481 e. The van der Waals surface area contributed by atoms with Crippen molar-refractivity contribution in [2.24, 2.45) is 5.41 Å². The number of carboxylic acids is 1. The number of likely N-dealkylation sites (tertiary alicyclic amines) is 1. The van der Waals surface area contributed by atoms with Gasteiger partial charge >= 0.3 is 12.1 Å². The van der Waals surface area contributed by atoms with Crippen LogP contribution in [-0.4, -0.2) is 54.5 Å². The summed E-state index contributed by atoms with van der Waals surface area (Å²) >= 11 is 0. The molecule has 7 heteroatoms. The van der Waals surface area contributed by atoms with Crippen LogP contribution in [0.3, 0.4) is 0 Å². The maximum Gasteiger partial charge on any atom is 0.406 e. The average molecular weight is 269 g/mol. The van der Waals surface area contributed by atoms with Gasteiger partial charge < -0.3 is 9.84 Å². The van der Waals surface area contributed by atoms with Gasteiger partial charge in [0, 0.05) is 26.2 Å². The van der Waals surface area contributed by atoms with E-state index >= 15 is 0 Å². The lowest BCUT2D eigenvalue weighted by Crippen LogP contribution is -2.49. The second kappa shape index (κ2) is 5.05. The topological polar surface area (TPSA) is 49.8 Å². The predicted octanol–water partition coefficient (Wildman–Crippen LogP) is 1.75. The second-order valence-electron chi connectivity index (χ2n) is 4.79. The van der Waals surface area contributed by atoms with Gasteiger partial charge in [0.1, 0.15) is 0 Å². The molecule has 1 aliphatic rings. The summed E-state index contributed by atoms with van der Waals surface area (Å²) in [5.74, 6) is -1.80. The average Bonchev–Trinajstić information content (AvgIpc) is 2.72. The molecule has 3 unspecified atom stereocenters. The molecule has 0 radical (unpaired) electrons. The van der Waals surface area contributed by atoms with Crippen LogP contribution in [0.2, 0.25) is 0 Å². The highest BCUT2D eigenvalue weighted by Crippen LogP contribution is 2.46. The van der Waals surface area contributed by atoms with Gasteiger partial charge in [-0.25, -0.2) is 0 Å². The molecule has 1 heterocycles. The fraction of sp³-hybridized carbons (Fsp3) is 0.909. The Morgan fingerprint density at radius 1 is 1.44 bits per heavy atom. The lowest BCUT2D eigenvalue weighted by atomic mass is 9.86. The smallest absolute Gasteiger partial charge is 0.406 e. The van der Waals surface area contributed by atoms with Crippen molar-refractivity contribution in [3.8, 4) is 0 Å². The van der Waals surface area contributed by atoms with Crippen molar-refractivity contribution in [2.75, 3.05) is 20.2 Å². The molecule has 1 fully saturated rings. The molecule has 18 heavy (non-hydrogen) atoms. The van der Waals surface area contributed by atoms with Gasteiger partial charge in [-0.3, -0.25) is 9.69 Å². The highest BCUT2D eigenvalue weighted by atomic mass is 19.4. The number of aliphatic carboxylic acids is 1. The molecular weight excluding hydrogens is 251 g/mol. The summed E-state index contributed by atoms with van der Waals surface area (Å²) in [6.07, 6.45) is -5.39. The van der Waals surface area contributed by atoms with E-state index in [0.29, 0.717) is 0 Å². The number of carbonyl (C=O) groups is 1. The molecule has 1 saturated heterocycles. The van der Waals surface area contributed by atoms with Crippen molar-refractivity contribution in [2.45, 2.75) is 38.6 Å². The largest absolute Gasteiger partial charge is 0.481 e. The third-order valence-corrected chi connectivity index (χ3v) is 3.88. The first-order valence-corrected chi connectivity index (χ1v) is 5.72. The fourth-order valence-electron chi connectivity index (χ4n) is 2.21. The third-order valence-electron chi connectivity index (χ3n) is 3.88. The number of hydrogen-bond acceptors (Lipinski definition) is 3. The van der Waals surface area contributed by atoms with Crippen LogP contribution in [0, 0.1) is 5.41 Å². The van der Waals surface area contributed by atoms with Crippen LogP contribution in [-0.2, 0) is 9.53 Å². The molecule has 0 aliphatic carbocycles. The van der Waals surface area contributed by atoms with Crippen LogP contribution in [0.5, 0.6) is 0 Å². The van der Waals surface area contributed by atoms with E-state index in [-0.39, 0.29) is 18.7 Å². The zero-order valence-corrected chi connectivity index (χ0v) is 10.6. The predicted molar refractivity (Wildman–Crippen MR) is 58.2 cm³/mol. The van der Waals surface area contributed by atoms with Gasteiger partial charge in [-0.15, -0.1) is 0 Å². The summed E-state index contributed by atoms with van der Waals surface area (Å²) in [7, 11) is 1.48. The van der Waals surface area contributed by atoms with Crippen LogP contribution in [0.25, 0.3) is 0 Å². The number of halogens is 3. The Labute approximate surface area is 104 Å². The van der Waals surface area contributed by atoms with Crippen molar-refractivity contribution >= 4 is 5.97 Å². The number of methoxy groups -OCH3 is 1. The Balaban J connectivity index is 2.88. The van der Waals surface area contributed by atoms with Gasteiger partial charge in [-0.05, 0) is 20.3 Å². The Hall–Kier alpha value is -0.820. The van der Waals surface area contributed by atoms with Crippen molar-refractivity contribution in [1.29, 1.82) is 0 Å². The molecule has 0 aromatic carbocycles. The molecule has 0 spiro atoms. The summed E-state index contributed by atoms with van der Waals surface area (Å²) in [4.78, 5) is 12.5. The molecular formula is C11H18F3NO3. The Morgan fingerprint density at radius 3 is 2.33 bits per heavy atom. The summed E-state index contributed by atoms with van der Waals surface area (Å²) in [6.45, 7) is 3.09. The summed E-state index contributed by atoms with van der Waals surface area (Å²) < 4.78 is 43.9. The number of hydrogen-bond donors (Lipinski definition) is 1. The van der Waals surface area contributed by atoms with Gasteiger partial charge in [0.15, 0.2) is 5.41 Å². The molecule has 1 N–H and O–H groups in total. The van der Waals surface area contributed by atoms with Crippen molar-refractivity contribution in [3.63, 3.8) is 0 Å². The Morgan fingerprint density at radius 2 is 2.00 bits per heavy atom. The zero-order chi connectivity index (χ0) is 14.1. The lowest BCUT2D eigenvalue weighted by Gasteiger charge is -2.31. The normalized spacial score (nSPS) is 29.2. The number of carboxylic acid groups (broad SMARTS) is 1. The fourth-order valence-corrected chi connectivity index (χ4v) is 2.21. The molecule has 1 rings (SSSR count). The lowest BCUT2D eigenvalue weighted by molar-refractivity contribution is -0.228. The molecule has 3 atom stereocenters. The van der Waals surface area contributed by atoms with E-state index in [2.05, 4.69) is 0 Å². The highest BCUT2D eigenvalue weighted by Gasteiger charge is 2.64. The minimum atomic E-state index is -4.73. The number of nitrogens with zero attached hydrogens (tertiary/aromatic N) is 1. The molecule has 0 aromatic heterocycles. The number of rotatable bonds is 4. The maximum absolute atomic E-state index is 12.9. The maximum atomic E-state index is 12.9. The van der Waals surface area contributed by atoms with Gasteiger partial charge in [-0.1, -0.05) is 0 Å². The van der Waals surface area contributed by atoms with Crippen LogP contribution in [0.1, 0.15) is 20.3 Å². The first-order chi connectivity index (χ1) is 8.15. The van der Waals surface area contributed by atoms with E-state index in [1.807, 2.05) is 0 Å². The van der Waals surface area contributed by atoms with Crippen LogP contribution >= 0.6 is 0 Å². The minimum absolute atomic E-state index is 0.112. The molecule has 106 valence electrons. The van der Waals surface area contributed by atoms with Crippen molar-refractivity contribution < 1.29 is 27.8 Å². The second-order valence-corrected chi connectivity index (χ2v) is 4.79.